The molecule has 2 N–H and O–H groups in total. The summed E-state index contributed by atoms with van der Waals surface area (Å²) in [5, 5.41) is 20.2. The van der Waals surface area contributed by atoms with Crippen molar-refractivity contribution in [3.8, 4) is 0 Å². The zero-order valence-corrected chi connectivity index (χ0v) is 28.7. The molecule has 6 nitrogen and oxygen atoms in total. The van der Waals surface area contributed by atoms with Crippen LogP contribution in [0.4, 0.5) is 5.69 Å². The molecular weight excluding hydrogens is 657 g/mol. The van der Waals surface area contributed by atoms with Crippen LogP contribution in [0, 0.1) is 0 Å². The molecule has 0 atom stereocenters. The van der Waals surface area contributed by atoms with Gasteiger partial charge in [0.15, 0.2) is 6.54 Å². The highest BCUT2D eigenvalue weighted by atomic mass is 32.2. The summed E-state index contributed by atoms with van der Waals surface area (Å²) in [6.07, 6.45) is 18.5. The lowest BCUT2D eigenvalue weighted by molar-refractivity contribution is -0.664. The lowest BCUT2D eigenvalue weighted by atomic mass is 10.3. The first kappa shape index (κ1) is 33.7. The number of thioether (sulfide) groups is 5. The van der Waals surface area contributed by atoms with Gasteiger partial charge in [0.25, 0.3) is 5.01 Å². The van der Waals surface area contributed by atoms with Gasteiger partial charge in [0.05, 0.1) is 28.0 Å². The zero-order chi connectivity index (χ0) is 30.6. The van der Waals surface area contributed by atoms with Crippen molar-refractivity contribution in [1.29, 1.82) is 0 Å². The molecule has 0 saturated heterocycles. The smallest absolute Gasteiger partial charge is 0.313 e. The molecule has 226 valence electrons. The van der Waals surface area contributed by atoms with E-state index in [-0.39, 0.29) is 11.5 Å². The highest BCUT2D eigenvalue weighted by Crippen LogP contribution is 2.47. The standard InChI is InChI=1S/C31H32N2O4S6/c1-38-22-10-12-26-24(18-22)32(14-16-40-20-30(34)35)28(42-26)8-6-4-3-5-7-9-29-33(15-17-41-21-31(36)37)25-19-23(39-2)11-13-27(25)43-29/h3-13,18-19H,14-17,20-21H2,1-2H3,(H-,34,35,36,37)/p+1. The number of rotatable bonds is 16. The van der Waals surface area contributed by atoms with E-state index < -0.39 is 11.9 Å². The minimum atomic E-state index is -0.785. The molecule has 1 aromatic heterocycles. The number of aromatic nitrogens is 1. The van der Waals surface area contributed by atoms with Crippen LogP contribution < -0.4 is 9.47 Å². The van der Waals surface area contributed by atoms with Crippen molar-refractivity contribution in [1.82, 2.24) is 0 Å². The van der Waals surface area contributed by atoms with Gasteiger partial charge in [-0.15, -0.1) is 47.0 Å². The number of allylic oxidation sites excluding steroid dienone is 6. The van der Waals surface area contributed by atoms with E-state index in [9.17, 15) is 9.59 Å². The molecule has 43 heavy (non-hydrogen) atoms. The first-order valence-corrected chi connectivity index (χ1v) is 19.7. The molecule has 3 aromatic rings. The van der Waals surface area contributed by atoms with Crippen molar-refractivity contribution in [2.45, 2.75) is 21.2 Å². The lowest BCUT2D eigenvalue weighted by Crippen LogP contribution is -2.36. The summed E-state index contributed by atoms with van der Waals surface area (Å²) in [6, 6.07) is 13.0. The summed E-state index contributed by atoms with van der Waals surface area (Å²) in [4.78, 5) is 27.8. The van der Waals surface area contributed by atoms with Crippen molar-refractivity contribution in [2.75, 3.05) is 47.0 Å². The van der Waals surface area contributed by atoms with Crippen LogP contribution in [-0.2, 0) is 16.1 Å². The monoisotopic (exact) mass is 689 g/mol. The van der Waals surface area contributed by atoms with Crippen molar-refractivity contribution >= 4 is 104 Å². The third-order valence-corrected chi connectivity index (χ3v) is 11.7. The van der Waals surface area contributed by atoms with Gasteiger partial charge in [-0.2, -0.15) is 4.57 Å². The van der Waals surface area contributed by atoms with Crippen LogP contribution in [0.5, 0.6) is 0 Å². The van der Waals surface area contributed by atoms with E-state index >= 15 is 0 Å². The number of benzene rings is 2. The molecule has 0 saturated carbocycles. The van der Waals surface area contributed by atoms with Gasteiger partial charge in [0.2, 0.25) is 5.52 Å². The SMILES string of the molecule is CSc1ccc2c(c1)N(CCSCC(=O)O)C(=CC=CC=CC=Cc1sc3ccc(SC)cc3[n+]1CCSCC(=O)O)S2. The fourth-order valence-electron chi connectivity index (χ4n) is 4.22. The van der Waals surface area contributed by atoms with Gasteiger partial charge >= 0.3 is 11.9 Å². The third-order valence-electron chi connectivity index (χ3n) is 6.17. The van der Waals surface area contributed by atoms with Crippen LogP contribution >= 0.6 is 70.1 Å². The van der Waals surface area contributed by atoms with Crippen molar-refractivity contribution < 1.29 is 24.4 Å². The van der Waals surface area contributed by atoms with Crippen LogP contribution in [0.15, 0.2) is 92.6 Å². The predicted molar refractivity (Wildman–Crippen MR) is 191 cm³/mol. The Morgan fingerprint density at radius 2 is 1.56 bits per heavy atom. The molecule has 12 heteroatoms. The molecule has 1 aliphatic rings. The number of anilines is 1. The molecule has 0 bridgehead atoms. The van der Waals surface area contributed by atoms with Crippen LogP contribution in [0.1, 0.15) is 5.01 Å². The molecule has 0 unspecified atom stereocenters. The quantitative estimate of drug-likeness (QED) is 0.0672. The second-order valence-corrected chi connectivity index (χ2v) is 15.1. The number of fused-ring (bicyclic) bond motifs is 2. The van der Waals surface area contributed by atoms with Crippen LogP contribution in [0.3, 0.4) is 0 Å². The molecule has 0 fully saturated rings. The van der Waals surface area contributed by atoms with E-state index in [2.05, 4.69) is 70.5 Å². The number of aliphatic carboxylic acids is 2. The summed E-state index contributed by atoms with van der Waals surface area (Å²) < 4.78 is 3.49. The molecule has 2 heterocycles. The lowest BCUT2D eigenvalue weighted by Gasteiger charge is -2.20. The summed E-state index contributed by atoms with van der Waals surface area (Å²) in [5.41, 5.74) is 2.35. The average molecular weight is 690 g/mol. The van der Waals surface area contributed by atoms with Gasteiger partial charge in [-0.1, -0.05) is 53.5 Å². The number of aryl methyl sites for hydroxylation is 1. The van der Waals surface area contributed by atoms with Gasteiger partial charge in [0, 0.05) is 39.1 Å². The van der Waals surface area contributed by atoms with Gasteiger partial charge in [-0.3, -0.25) is 9.59 Å². The number of nitrogens with zero attached hydrogens (tertiary/aromatic N) is 2. The Bertz CT molecular complexity index is 1560. The molecule has 1 aliphatic heterocycles. The molecule has 0 amide bonds. The van der Waals surface area contributed by atoms with Crippen LogP contribution in [-0.4, -0.2) is 64.2 Å². The third kappa shape index (κ3) is 9.89. The van der Waals surface area contributed by atoms with Crippen molar-refractivity contribution in [2.24, 2.45) is 0 Å². The number of hydrogen-bond acceptors (Lipinski definition) is 9. The Kier molecular flexibility index (Phi) is 13.6. The topological polar surface area (TPSA) is 81.7 Å². The minimum Gasteiger partial charge on any atom is -0.481 e. The van der Waals surface area contributed by atoms with Crippen LogP contribution in [0.25, 0.3) is 16.3 Å². The largest absolute Gasteiger partial charge is 0.481 e. The fourth-order valence-corrected chi connectivity index (χ4v) is 8.52. The van der Waals surface area contributed by atoms with Crippen LogP contribution in [0.2, 0.25) is 0 Å². The second kappa shape index (κ2) is 17.3. The van der Waals surface area contributed by atoms with E-state index in [4.69, 9.17) is 10.2 Å². The first-order chi connectivity index (χ1) is 20.9. The molecule has 0 spiro atoms. The Morgan fingerprint density at radius 1 is 0.884 bits per heavy atom. The summed E-state index contributed by atoms with van der Waals surface area (Å²) >= 11 is 9.77. The number of thiazole rings is 1. The van der Waals surface area contributed by atoms with E-state index in [0.29, 0.717) is 0 Å². The van der Waals surface area contributed by atoms with Gasteiger partial charge in [-0.05, 0) is 48.9 Å². The van der Waals surface area contributed by atoms with Crippen molar-refractivity contribution in [3.63, 3.8) is 0 Å². The Balaban J connectivity index is 1.43. The Hall–Kier alpha value is -2.22. The maximum atomic E-state index is 10.9. The van der Waals surface area contributed by atoms with Crippen molar-refractivity contribution in [3.05, 3.63) is 82.9 Å². The zero-order valence-electron chi connectivity index (χ0n) is 23.8. The summed E-state index contributed by atoms with van der Waals surface area (Å²) in [7, 11) is 0. The second-order valence-electron chi connectivity index (χ2n) is 9.04. The van der Waals surface area contributed by atoms with E-state index in [1.165, 1.54) is 54.1 Å². The van der Waals surface area contributed by atoms with E-state index in [1.54, 1.807) is 46.6 Å². The molecule has 0 aliphatic carbocycles. The maximum absolute atomic E-state index is 10.9. The highest BCUT2D eigenvalue weighted by Gasteiger charge is 2.25. The number of carboxylic acids is 2. The summed E-state index contributed by atoms with van der Waals surface area (Å²) in [5.74, 6) is 0.116. The number of hydrogen-bond donors (Lipinski definition) is 2. The van der Waals surface area contributed by atoms with E-state index in [1.807, 2.05) is 30.4 Å². The molecule has 0 radical (unpaired) electrons. The van der Waals surface area contributed by atoms with Gasteiger partial charge < -0.3 is 15.1 Å². The first-order valence-electron chi connectivity index (χ1n) is 13.3. The fraction of sp³-hybridized carbons (Fsp3) is 0.258. The number of carboxylic acid groups (broad SMARTS) is 2. The highest BCUT2D eigenvalue weighted by molar-refractivity contribution is 8.03. The minimum absolute atomic E-state index is 0.111. The molecule has 4 rings (SSSR count). The van der Waals surface area contributed by atoms with Gasteiger partial charge in [0.1, 0.15) is 4.70 Å². The summed E-state index contributed by atoms with van der Waals surface area (Å²) in [6.45, 7) is 1.49. The Morgan fingerprint density at radius 3 is 2.30 bits per heavy atom. The number of carbonyl (C=O) groups is 2. The molecule has 2 aromatic carbocycles. The normalized spacial score (nSPS) is 14.3. The van der Waals surface area contributed by atoms with Gasteiger partial charge in [-0.25, -0.2) is 0 Å². The Labute approximate surface area is 277 Å². The molecular formula is C31H33N2O4S6+. The van der Waals surface area contributed by atoms with E-state index in [0.717, 1.165) is 34.6 Å². The predicted octanol–water partition coefficient (Wildman–Crippen LogP) is 7.85. The maximum Gasteiger partial charge on any atom is 0.313 e. The average Bonchev–Trinajstić information content (AvgIpc) is 3.52.